The molecule has 1 rings (SSSR count). The smallest absolute Gasteiger partial charge is 0.285 e. The van der Waals surface area contributed by atoms with Gasteiger partial charge in [0.15, 0.2) is 0 Å². The first-order valence-corrected chi connectivity index (χ1v) is 11.1. The van der Waals surface area contributed by atoms with Crippen LogP contribution in [0.3, 0.4) is 0 Å². The number of ether oxygens (including phenoxy) is 3. The Hall–Kier alpha value is -1.04. The van der Waals surface area contributed by atoms with Crippen molar-refractivity contribution in [3.8, 4) is 0 Å². The summed E-state index contributed by atoms with van der Waals surface area (Å²) >= 11 is 0. The molecule has 0 aliphatic rings. The van der Waals surface area contributed by atoms with Gasteiger partial charge in [0.2, 0.25) is 0 Å². The van der Waals surface area contributed by atoms with Gasteiger partial charge in [0, 0.05) is 33.3 Å². The van der Waals surface area contributed by atoms with Crippen LogP contribution in [0, 0.1) is 17.6 Å². The quantitative estimate of drug-likeness (QED) is 0.202. The fourth-order valence-corrected chi connectivity index (χ4v) is 4.07. The molecule has 0 aliphatic carbocycles. The number of benzene rings is 1. The normalized spacial score (nSPS) is 13.0. The summed E-state index contributed by atoms with van der Waals surface area (Å²) in [5, 5.41) is 0. The van der Waals surface area contributed by atoms with Crippen LogP contribution in [0.4, 0.5) is 8.78 Å². The lowest BCUT2D eigenvalue weighted by Crippen LogP contribution is -2.44. The molecule has 0 amide bonds. The third-order valence-corrected chi connectivity index (χ3v) is 5.70. The summed E-state index contributed by atoms with van der Waals surface area (Å²) in [6.45, 7) is 2.23. The maximum atomic E-state index is 13.3. The Bertz CT molecular complexity index is 518. The summed E-state index contributed by atoms with van der Waals surface area (Å²) < 4.78 is 43.4. The largest absolute Gasteiger partial charge is 0.331 e. The fourth-order valence-electron chi connectivity index (χ4n) is 4.07. The van der Waals surface area contributed by atoms with Crippen molar-refractivity contribution in [1.29, 1.82) is 0 Å². The first-order chi connectivity index (χ1) is 14.0. The number of aryl methyl sites for hydroxylation is 1. The van der Waals surface area contributed by atoms with E-state index < -0.39 is 17.6 Å². The molecule has 1 aromatic carbocycles. The minimum atomic E-state index is -1.00. The van der Waals surface area contributed by atoms with Crippen LogP contribution in [0.5, 0.6) is 0 Å². The van der Waals surface area contributed by atoms with E-state index in [1.165, 1.54) is 44.2 Å². The molecule has 5 heteroatoms. The van der Waals surface area contributed by atoms with Crippen LogP contribution in [0.1, 0.15) is 83.1 Å². The molecule has 0 N–H and O–H groups in total. The van der Waals surface area contributed by atoms with Crippen LogP contribution in [0.2, 0.25) is 0 Å². The average molecular weight is 415 g/mol. The molecule has 0 spiro atoms. The summed E-state index contributed by atoms with van der Waals surface area (Å²) in [4.78, 5) is 0. The number of unbranched alkanes of at least 4 members (excludes halogenated alkanes) is 7. The second-order valence-electron chi connectivity index (χ2n) is 7.85. The maximum Gasteiger partial charge on any atom is 0.285 e. The van der Waals surface area contributed by atoms with E-state index in [-0.39, 0.29) is 5.92 Å². The van der Waals surface area contributed by atoms with Crippen molar-refractivity contribution < 1.29 is 23.0 Å². The zero-order valence-corrected chi connectivity index (χ0v) is 18.8. The molecule has 168 valence electrons. The minimum Gasteiger partial charge on any atom is -0.331 e. The van der Waals surface area contributed by atoms with Gasteiger partial charge in [-0.2, -0.15) is 0 Å². The van der Waals surface area contributed by atoms with E-state index >= 15 is 0 Å². The van der Waals surface area contributed by atoms with E-state index in [4.69, 9.17) is 14.2 Å². The van der Waals surface area contributed by atoms with Gasteiger partial charge < -0.3 is 14.2 Å². The fraction of sp³-hybridized carbons (Fsp3) is 0.750. The number of methoxy groups -OCH3 is 3. The second-order valence-corrected chi connectivity index (χ2v) is 7.85. The Balaban J connectivity index is 2.46. The number of hydrogen-bond donors (Lipinski definition) is 0. The number of rotatable bonds is 17. The molecule has 1 aromatic rings. The van der Waals surface area contributed by atoms with E-state index in [0.717, 1.165) is 44.6 Å². The molecule has 29 heavy (non-hydrogen) atoms. The van der Waals surface area contributed by atoms with E-state index in [2.05, 4.69) is 6.92 Å². The third kappa shape index (κ3) is 9.54. The van der Waals surface area contributed by atoms with Crippen LogP contribution in [0.15, 0.2) is 18.2 Å². The Labute approximate surface area is 176 Å². The first-order valence-electron chi connectivity index (χ1n) is 11.1. The van der Waals surface area contributed by atoms with Crippen molar-refractivity contribution in [1.82, 2.24) is 0 Å². The molecule has 1 unspecified atom stereocenters. The highest BCUT2D eigenvalue weighted by Crippen LogP contribution is 2.33. The van der Waals surface area contributed by atoms with Gasteiger partial charge in [0.05, 0.1) is 0 Å². The van der Waals surface area contributed by atoms with E-state index in [9.17, 15) is 8.78 Å². The first kappa shape index (κ1) is 26.0. The Morgan fingerprint density at radius 1 is 0.724 bits per heavy atom. The Morgan fingerprint density at radius 3 is 1.72 bits per heavy atom. The lowest BCUT2D eigenvalue weighted by molar-refractivity contribution is -0.380. The van der Waals surface area contributed by atoms with Crippen LogP contribution >= 0.6 is 0 Å². The van der Waals surface area contributed by atoms with Crippen molar-refractivity contribution in [3.63, 3.8) is 0 Å². The zero-order chi connectivity index (χ0) is 21.5. The molecule has 0 heterocycles. The van der Waals surface area contributed by atoms with Crippen molar-refractivity contribution in [2.45, 2.75) is 89.9 Å². The van der Waals surface area contributed by atoms with Gasteiger partial charge in [-0.3, -0.25) is 0 Å². The molecule has 0 saturated carbocycles. The van der Waals surface area contributed by atoms with Crippen LogP contribution < -0.4 is 0 Å². The van der Waals surface area contributed by atoms with Crippen LogP contribution in [-0.4, -0.2) is 27.3 Å². The van der Waals surface area contributed by atoms with Crippen molar-refractivity contribution in [3.05, 3.63) is 35.4 Å². The molecule has 0 radical (unpaired) electrons. The van der Waals surface area contributed by atoms with Gasteiger partial charge in [0.1, 0.15) is 11.6 Å². The summed E-state index contributed by atoms with van der Waals surface area (Å²) in [5.74, 6) is -1.87. The van der Waals surface area contributed by atoms with Crippen molar-refractivity contribution in [2.24, 2.45) is 5.92 Å². The molecule has 0 aliphatic heterocycles. The Morgan fingerprint density at radius 2 is 1.21 bits per heavy atom. The molecule has 0 saturated heterocycles. The van der Waals surface area contributed by atoms with Gasteiger partial charge >= 0.3 is 0 Å². The van der Waals surface area contributed by atoms with E-state index in [1.807, 2.05) is 0 Å². The summed E-state index contributed by atoms with van der Waals surface area (Å²) in [6, 6.07) is 3.74. The SMILES string of the molecule is CCCCCCCCC(CCCCCc1cc(F)cc(F)c1)C(OC)(OC)OC. The highest BCUT2D eigenvalue weighted by atomic mass is 19.1. The monoisotopic (exact) mass is 414 g/mol. The van der Waals surface area contributed by atoms with Gasteiger partial charge in [-0.25, -0.2) is 8.78 Å². The van der Waals surface area contributed by atoms with E-state index in [1.54, 1.807) is 21.3 Å². The second kappa shape index (κ2) is 14.9. The summed E-state index contributed by atoms with van der Waals surface area (Å²) in [7, 11) is 4.87. The standard InChI is InChI=1S/C24H40F2O3/c1-5-6-7-8-9-12-15-21(24(27-2,28-3)29-4)16-13-10-11-14-20-17-22(25)19-23(26)18-20/h17-19,21H,5-16H2,1-4H3. The van der Waals surface area contributed by atoms with Gasteiger partial charge in [0.25, 0.3) is 5.97 Å². The van der Waals surface area contributed by atoms with Crippen molar-refractivity contribution in [2.75, 3.05) is 21.3 Å². The predicted molar refractivity (Wildman–Crippen MR) is 114 cm³/mol. The Kier molecular flexibility index (Phi) is 13.3. The summed E-state index contributed by atoms with van der Waals surface area (Å²) in [6.07, 6.45) is 13.0. The molecule has 0 aromatic heterocycles. The number of hydrogen-bond acceptors (Lipinski definition) is 3. The third-order valence-electron chi connectivity index (χ3n) is 5.70. The molecule has 3 nitrogen and oxygen atoms in total. The summed E-state index contributed by atoms with van der Waals surface area (Å²) in [5.41, 5.74) is 0.714. The molecular weight excluding hydrogens is 374 g/mol. The molecule has 1 atom stereocenters. The topological polar surface area (TPSA) is 27.7 Å². The predicted octanol–water partition coefficient (Wildman–Crippen LogP) is 7.03. The average Bonchev–Trinajstić information content (AvgIpc) is 2.70. The van der Waals surface area contributed by atoms with E-state index in [0.29, 0.717) is 12.0 Å². The molecule has 0 fully saturated rings. The zero-order valence-electron chi connectivity index (χ0n) is 18.8. The highest BCUT2D eigenvalue weighted by molar-refractivity contribution is 5.17. The van der Waals surface area contributed by atoms with Gasteiger partial charge in [-0.05, 0) is 43.4 Å². The lowest BCUT2D eigenvalue weighted by atomic mass is 9.91. The van der Waals surface area contributed by atoms with Gasteiger partial charge in [-0.1, -0.05) is 58.3 Å². The lowest BCUT2D eigenvalue weighted by Gasteiger charge is -2.36. The minimum absolute atomic E-state index is 0.153. The van der Waals surface area contributed by atoms with Crippen LogP contribution in [0.25, 0.3) is 0 Å². The van der Waals surface area contributed by atoms with Gasteiger partial charge in [-0.15, -0.1) is 0 Å². The molecular formula is C24H40F2O3. The highest BCUT2D eigenvalue weighted by Gasteiger charge is 2.39. The van der Waals surface area contributed by atoms with Crippen LogP contribution in [-0.2, 0) is 20.6 Å². The maximum absolute atomic E-state index is 13.3. The number of halogens is 2. The molecule has 0 bridgehead atoms. The van der Waals surface area contributed by atoms with Crippen molar-refractivity contribution >= 4 is 0 Å².